The predicted molar refractivity (Wildman–Crippen MR) is 86.1 cm³/mol. The molecule has 2 rings (SSSR count). The molecule has 1 fully saturated rings. The van der Waals surface area contributed by atoms with Crippen LogP contribution in [0.3, 0.4) is 0 Å². The number of nitrogens with two attached hydrogens (primary N) is 1. The second-order valence-corrected chi connectivity index (χ2v) is 7.38. The second-order valence-electron chi connectivity index (χ2n) is 6.52. The van der Waals surface area contributed by atoms with Gasteiger partial charge in [-0.2, -0.15) is 0 Å². The first-order valence-corrected chi connectivity index (χ1v) is 8.46. The first kappa shape index (κ1) is 16.0. The van der Waals surface area contributed by atoms with Crippen molar-refractivity contribution in [1.82, 2.24) is 0 Å². The highest BCUT2D eigenvalue weighted by Crippen LogP contribution is 2.35. The standard InChI is InChI=1S/C17H25BrFN/c1-11(2)12-3-5-13(6-4-12)17(20)9-14-7-8-15(19)10-16(14)18/h7-8,10-13,17H,3-6,9,20H2,1-2H3. The van der Waals surface area contributed by atoms with E-state index in [2.05, 4.69) is 29.8 Å². The van der Waals surface area contributed by atoms with Gasteiger partial charge in [0.1, 0.15) is 5.82 Å². The average Bonchev–Trinajstić information content (AvgIpc) is 2.42. The number of hydrogen-bond acceptors (Lipinski definition) is 1. The van der Waals surface area contributed by atoms with Gasteiger partial charge in [0, 0.05) is 10.5 Å². The molecule has 1 unspecified atom stereocenters. The summed E-state index contributed by atoms with van der Waals surface area (Å²) in [5, 5.41) is 0. The van der Waals surface area contributed by atoms with Gasteiger partial charge in [0.15, 0.2) is 0 Å². The van der Waals surface area contributed by atoms with E-state index in [1.54, 1.807) is 0 Å². The Morgan fingerprint density at radius 1 is 1.20 bits per heavy atom. The summed E-state index contributed by atoms with van der Waals surface area (Å²) in [4.78, 5) is 0. The molecule has 1 aromatic carbocycles. The molecule has 1 saturated carbocycles. The van der Waals surface area contributed by atoms with Crippen molar-refractivity contribution >= 4 is 15.9 Å². The summed E-state index contributed by atoms with van der Waals surface area (Å²) in [5.74, 6) is 2.07. The maximum atomic E-state index is 13.1. The van der Waals surface area contributed by atoms with Crippen molar-refractivity contribution in [2.75, 3.05) is 0 Å². The van der Waals surface area contributed by atoms with E-state index in [1.165, 1.54) is 37.8 Å². The fourth-order valence-electron chi connectivity index (χ4n) is 3.35. The van der Waals surface area contributed by atoms with E-state index >= 15 is 0 Å². The van der Waals surface area contributed by atoms with E-state index < -0.39 is 0 Å². The molecule has 1 atom stereocenters. The lowest BCUT2D eigenvalue weighted by molar-refractivity contribution is 0.202. The topological polar surface area (TPSA) is 26.0 Å². The van der Waals surface area contributed by atoms with Gasteiger partial charge in [-0.25, -0.2) is 4.39 Å². The van der Waals surface area contributed by atoms with Crippen LogP contribution in [0.5, 0.6) is 0 Å². The Morgan fingerprint density at radius 2 is 1.80 bits per heavy atom. The molecule has 2 N–H and O–H groups in total. The molecule has 112 valence electrons. The van der Waals surface area contributed by atoms with E-state index in [0.717, 1.165) is 28.3 Å². The van der Waals surface area contributed by atoms with Gasteiger partial charge in [-0.05, 0) is 67.6 Å². The highest BCUT2D eigenvalue weighted by molar-refractivity contribution is 9.10. The lowest BCUT2D eigenvalue weighted by atomic mass is 9.74. The number of benzene rings is 1. The molecule has 1 aliphatic carbocycles. The fraction of sp³-hybridized carbons (Fsp3) is 0.647. The minimum atomic E-state index is -0.202. The lowest BCUT2D eigenvalue weighted by Crippen LogP contribution is -2.35. The Kier molecular flexibility index (Phi) is 5.62. The molecule has 3 heteroatoms. The average molecular weight is 342 g/mol. The molecule has 0 aromatic heterocycles. The minimum absolute atomic E-state index is 0.185. The third-order valence-electron chi connectivity index (χ3n) is 4.84. The van der Waals surface area contributed by atoms with Crippen LogP contribution in [0.4, 0.5) is 4.39 Å². The third-order valence-corrected chi connectivity index (χ3v) is 5.57. The van der Waals surface area contributed by atoms with Crippen LogP contribution in [0.25, 0.3) is 0 Å². The van der Waals surface area contributed by atoms with Gasteiger partial charge in [0.2, 0.25) is 0 Å². The Labute approximate surface area is 130 Å². The SMILES string of the molecule is CC(C)C1CCC(C(N)Cc2ccc(F)cc2Br)CC1. The van der Waals surface area contributed by atoms with Crippen molar-refractivity contribution in [2.24, 2.45) is 23.5 Å². The van der Waals surface area contributed by atoms with Gasteiger partial charge in [-0.15, -0.1) is 0 Å². The maximum absolute atomic E-state index is 13.1. The van der Waals surface area contributed by atoms with Crippen LogP contribution in [0.15, 0.2) is 22.7 Å². The van der Waals surface area contributed by atoms with Crippen LogP contribution in [0.1, 0.15) is 45.1 Å². The summed E-state index contributed by atoms with van der Waals surface area (Å²) in [7, 11) is 0. The zero-order valence-corrected chi connectivity index (χ0v) is 14.0. The van der Waals surface area contributed by atoms with Crippen molar-refractivity contribution < 1.29 is 4.39 Å². The molecule has 0 saturated heterocycles. The molecular weight excluding hydrogens is 317 g/mol. The molecule has 1 aromatic rings. The molecule has 0 spiro atoms. The Morgan fingerprint density at radius 3 is 2.35 bits per heavy atom. The molecule has 1 nitrogen and oxygen atoms in total. The van der Waals surface area contributed by atoms with Gasteiger partial charge in [-0.3, -0.25) is 0 Å². The first-order chi connectivity index (χ1) is 9.47. The summed E-state index contributed by atoms with van der Waals surface area (Å²) in [6, 6.07) is 5.07. The van der Waals surface area contributed by atoms with Crippen LogP contribution in [0, 0.1) is 23.6 Å². The van der Waals surface area contributed by atoms with Gasteiger partial charge < -0.3 is 5.73 Å². The summed E-state index contributed by atoms with van der Waals surface area (Å²) in [5.41, 5.74) is 7.51. The van der Waals surface area contributed by atoms with Crippen LogP contribution in [-0.2, 0) is 6.42 Å². The summed E-state index contributed by atoms with van der Waals surface area (Å²) < 4.78 is 13.9. The molecule has 20 heavy (non-hydrogen) atoms. The Bertz CT molecular complexity index is 439. The summed E-state index contributed by atoms with van der Waals surface area (Å²) in [6.07, 6.45) is 5.92. The van der Waals surface area contributed by atoms with Crippen LogP contribution in [0.2, 0.25) is 0 Å². The number of halogens is 2. The van der Waals surface area contributed by atoms with Gasteiger partial charge in [0.25, 0.3) is 0 Å². The van der Waals surface area contributed by atoms with Gasteiger partial charge >= 0.3 is 0 Å². The summed E-state index contributed by atoms with van der Waals surface area (Å²) >= 11 is 3.43. The zero-order chi connectivity index (χ0) is 14.7. The Balaban J connectivity index is 1.91. The maximum Gasteiger partial charge on any atom is 0.124 e. The third kappa shape index (κ3) is 4.05. The van der Waals surface area contributed by atoms with E-state index in [-0.39, 0.29) is 11.9 Å². The quantitative estimate of drug-likeness (QED) is 0.826. The lowest BCUT2D eigenvalue weighted by Gasteiger charge is -2.34. The molecule has 0 bridgehead atoms. The molecular formula is C17H25BrFN. The fourth-order valence-corrected chi connectivity index (χ4v) is 3.86. The van der Waals surface area contributed by atoms with E-state index in [0.29, 0.717) is 5.92 Å². The zero-order valence-electron chi connectivity index (χ0n) is 12.4. The monoisotopic (exact) mass is 341 g/mol. The highest BCUT2D eigenvalue weighted by atomic mass is 79.9. The van der Waals surface area contributed by atoms with E-state index in [1.807, 2.05) is 6.07 Å². The van der Waals surface area contributed by atoms with Crippen molar-refractivity contribution in [3.05, 3.63) is 34.1 Å². The Hall–Kier alpha value is -0.410. The van der Waals surface area contributed by atoms with Gasteiger partial charge in [0.05, 0.1) is 0 Å². The smallest absolute Gasteiger partial charge is 0.124 e. The molecule has 0 heterocycles. The number of rotatable bonds is 4. The van der Waals surface area contributed by atoms with Crippen molar-refractivity contribution in [2.45, 2.75) is 52.0 Å². The minimum Gasteiger partial charge on any atom is -0.327 e. The highest BCUT2D eigenvalue weighted by Gasteiger charge is 2.27. The van der Waals surface area contributed by atoms with Crippen molar-refractivity contribution in [3.8, 4) is 0 Å². The van der Waals surface area contributed by atoms with Crippen molar-refractivity contribution in [3.63, 3.8) is 0 Å². The predicted octanol–water partition coefficient (Wildman–Crippen LogP) is 4.92. The van der Waals surface area contributed by atoms with Crippen LogP contribution < -0.4 is 5.73 Å². The van der Waals surface area contributed by atoms with Crippen LogP contribution >= 0.6 is 15.9 Å². The first-order valence-electron chi connectivity index (χ1n) is 7.67. The molecule has 0 aliphatic heterocycles. The molecule has 0 amide bonds. The largest absolute Gasteiger partial charge is 0.327 e. The van der Waals surface area contributed by atoms with Crippen molar-refractivity contribution in [1.29, 1.82) is 0 Å². The molecule has 1 aliphatic rings. The van der Waals surface area contributed by atoms with E-state index in [4.69, 9.17) is 5.73 Å². The van der Waals surface area contributed by atoms with Gasteiger partial charge in [-0.1, -0.05) is 35.8 Å². The normalized spacial score (nSPS) is 24.9. The van der Waals surface area contributed by atoms with E-state index in [9.17, 15) is 4.39 Å². The molecule has 0 radical (unpaired) electrons. The number of hydrogen-bond donors (Lipinski definition) is 1. The van der Waals surface area contributed by atoms with Crippen LogP contribution in [-0.4, -0.2) is 6.04 Å². The summed E-state index contributed by atoms with van der Waals surface area (Å²) in [6.45, 7) is 4.64. The second kappa shape index (κ2) is 7.04.